The van der Waals surface area contributed by atoms with Crippen LogP contribution in [0.2, 0.25) is 0 Å². The van der Waals surface area contributed by atoms with Gasteiger partial charge in [0.1, 0.15) is 11.9 Å². The molecule has 0 unspecified atom stereocenters. The molecule has 1 aliphatic rings. The first-order chi connectivity index (χ1) is 12.5. The summed E-state index contributed by atoms with van der Waals surface area (Å²) in [6.07, 6.45) is 0.887. The van der Waals surface area contributed by atoms with Crippen molar-refractivity contribution in [3.05, 3.63) is 46.7 Å². The Morgan fingerprint density at radius 2 is 2.08 bits per heavy atom. The van der Waals surface area contributed by atoms with Gasteiger partial charge in [0, 0.05) is 18.3 Å². The molecule has 0 spiro atoms. The number of hydrogen-bond acceptors (Lipinski definition) is 5. The number of rotatable bonds is 6. The molecular weight excluding hydrogens is 359 g/mol. The third-order valence-corrected chi connectivity index (χ3v) is 4.64. The fourth-order valence-electron chi connectivity index (χ4n) is 2.48. The number of thiazole rings is 1. The van der Waals surface area contributed by atoms with Crippen LogP contribution in [0.15, 0.2) is 29.6 Å². The number of hydrogen-bond donors (Lipinski definition) is 3. The van der Waals surface area contributed by atoms with Crippen molar-refractivity contribution in [3.8, 4) is 0 Å². The van der Waals surface area contributed by atoms with Crippen LogP contribution in [0, 0.1) is 5.82 Å². The van der Waals surface area contributed by atoms with E-state index in [0.717, 1.165) is 5.56 Å². The van der Waals surface area contributed by atoms with Crippen LogP contribution in [0.1, 0.15) is 24.1 Å². The molecule has 2 heterocycles. The van der Waals surface area contributed by atoms with Crippen LogP contribution >= 0.6 is 11.3 Å². The van der Waals surface area contributed by atoms with Crippen molar-refractivity contribution in [2.45, 2.75) is 31.8 Å². The molecule has 136 valence electrons. The highest BCUT2D eigenvalue weighted by Gasteiger charge is 2.27. The summed E-state index contributed by atoms with van der Waals surface area (Å²) in [5.41, 5.74) is 1.34. The molecule has 1 atom stereocenters. The van der Waals surface area contributed by atoms with E-state index in [0.29, 0.717) is 30.2 Å². The van der Waals surface area contributed by atoms with Crippen molar-refractivity contribution in [2.75, 3.05) is 5.32 Å². The summed E-state index contributed by atoms with van der Waals surface area (Å²) in [5, 5.41) is 10.1. The number of aromatic nitrogens is 1. The first-order valence-electron chi connectivity index (χ1n) is 8.05. The predicted molar refractivity (Wildman–Crippen MR) is 93.9 cm³/mol. The maximum atomic E-state index is 12.8. The van der Waals surface area contributed by atoms with Gasteiger partial charge in [-0.1, -0.05) is 12.1 Å². The number of carbonyl (C=O) groups is 3. The lowest BCUT2D eigenvalue weighted by Gasteiger charge is -2.08. The van der Waals surface area contributed by atoms with Gasteiger partial charge in [0.25, 0.3) is 0 Å². The quantitative estimate of drug-likeness (QED) is 0.709. The Morgan fingerprint density at radius 1 is 1.31 bits per heavy atom. The van der Waals surface area contributed by atoms with Crippen LogP contribution < -0.4 is 16.0 Å². The zero-order chi connectivity index (χ0) is 18.5. The van der Waals surface area contributed by atoms with Crippen molar-refractivity contribution in [1.82, 2.24) is 15.6 Å². The summed E-state index contributed by atoms with van der Waals surface area (Å²) >= 11 is 1.22. The number of halogens is 1. The molecule has 1 aliphatic heterocycles. The van der Waals surface area contributed by atoms with Gasteiger partial charge in [-0.25, -0.2) is 9.37 Å². The highest BCUT2D eigenvalue weighted by atomic mass is 32.1. The highest BCUT2D eigenvalue weighted by Crippen LogP contribution is 2.17. The second-order valence-electron chi connectivity index (χ2n) is 5.87. The third-order valence-electron chi connectivity index (χ3n) is 3.84. The smallest absolute Gasteiger partial charge is 0.248 e. The number of benzene rings is 1. The Balaban J connectivity index is 1.46. The van der Waals surface area contributed by atoms with Crippen LogP contribution in [0.4, 0.5) is 9.52 Å². The van der Waals surface area contributed by atoms with Gasteiger partial charge in [0.2, 0.25) is 17.7 Å². The largest absolute Gasteiger partial charge is 0.352 e. The third kappa shape index (κ3) is 4.85. The van der Waals surface area contributed by atoms with Crippen molar-refractivity contribution >= 4 is 34.2 Å². The van der Waals surface area contributed by atoms with Crippen molar-refractivity contribution < 1.29 is 18.8 Å². The van der Waals surface area contributed by atoms with E-state index in [1.54, 1.807) is 17.5 Å². The first-order valence-corrected chi connectivity index (χ1v) is 8.93. The van der Waals surface area contributed by atoms with E-state index in [-0.39, 0.29) is 30.0 Å². The minimum atomic E-state index is -0.533. The minimum absolute atomic E-state index is 0.0771. The molecule has 0 radical (unpaired) electrons. The molecule has 9 heteroatoms. The molecule has 1 fully saturated rings. The Kier molecular flexibility index (Phi) is 5.57. The Morgan fingerprint density at radius 3 is 2.77 bits per heavy atom. The maximum Gasteiger partial charge on any atom is 0.248 e. The normalized spacial score (nSPS) is 16.2. The number of carbonyl (C=O) groups excluding carboxylic acids is 3. The number of nitrogens with one attached hydrogen (secondary N) is 3. The summed E-state index contributed by atoms with van der Waals surface area (Å²) in [6.45, 7) is 0.300. The summed E-state index contributed by atoms with van der Waals surface area (Å²) in [5.74, 6) is -0.991. The first kappa shape index (κ1) is 18.0. The van der Waals surface area contributed by atoms with Gasteiger partial charge in [-0.05, 0) is 24.1 Å². The van der Waals surface area contributed by atoms with Gasteiger partial charge < -0.3 is 16.0 Å². The maximum absolute atomic E-state index is 12.8. The van der Waals surface area contributed by atoms with E-state index in [9.17, 15) is 18.8 Å². The zero-order valence-corrected chi connectivity index (χ0v) is 14.6. The summed E-state index contributed by atoms with van der Waals surface area (Å²) < 4.78 is 12.8. The lowest BCUT2D eigenvalue weighted by atomic mass is 10.2. The van der Waals surface area contributed by atoms with Gasteiger partial charge in [0.05, 0.1) is 12.1 Å². The molecule has 2 aromatic rings. The SMILES string of the molecule is O=C(Cc1csc(NC(=O)[C@H]2CCC(=O)N2)n1)NCc1ccc(F)cc1. The standard InChI is InChI=1S/C17H17FN4O3S/c18-11-3-1-10(2-4-11)8-19-15(24)7-12-9-26-17(20-12)22-16(25)13-5-6-14(23)21-13/h1-4,9,13H,5-8H2,(H,19,24)(H,21,23)(H,20,22,25)/t13-/m1/s1. The molecule has 3 rings (SSSR count). The van der Waals surface area contributed by atoms with Gasteiger partial charge in [0.15, 0.2) is 5.13 Å². The minimum Gasteiger partial charge on any atom is -0.352 e. The molecule has 1 saturated heterocycles. The molecule has 0 saturated carbocycles. The second kappa shape index (κ2) is 8.05. The topological polar surface area (TPSA) is 100 Å². The molecule has 1 aromatic carbocycles. The Bertz CT molecular complexity index is 822. The molecule has 0 bridgehead atoms. The molecule has 1 aromatic heterocycles. The average Bonchev–Trinajstić information content (AvgIpc) is 3.23. The van der Waals surface area contributed by atoms with Gasteiger partial charge in [-0.15, -0.1) is 11.3 Å². The van der Waals surface area contributed by atoms with E-state index in [1.807, 2.05) is 0 Å². The zero-order valence-electron chi connectivity index (χ0n) is 13.8. The lowest BCUT2D eigenvalue weighted by Crippen LogP contribution is -2.37. The van der Waals surface area contributed by atoms with Crippen molar-refractivity contribution in [2.24, 2.45) is 0 Å². The molecule has 7 nitrogen and oxygen atoms in total. The van der Waals surface area contributed by atoms with Crippen molar-refractivity contribution in [3.63, 3.8) is 0 Å². The van der Waals surface area contributed by atoms with Crippen LogP contribution in [0.5, 0.6) is 0 Å². The predicted octanol–water partition coefficient (Wildman–Crippen LogP) is 1.36. The summed E-state index contributed by atoms with van der Waals surface area (Å²) in [7, 11) is 0. The number of anilines is 1. The molecule has 3 amide bonds. The van der Waals surface area contributed by atoms with Crippen LogP contribution in [0.25, 0.3) is 0 Å². The van der Waals surface area contributed by atoms with E-state index < -0.39 is 6.04 Å². The number of nitrogens with zero attached hydrogens (tertiary/aromatic N) is 1. The van der Waals surface area contributed by atoms with Gasteiger partial charge in [-0.3, -0.25) is 14.4 Å². The van der Waals surface area contributed by atoms with Gasteiger partial charge >= 0.3 is 0 Å². The highest BCUT2D eigenvalue weighted by molar-refractivity contribution is 7.13. The van der Waals surface area contributed by atoms with Crippen LogP contribution in [0.3, 0.4) is 0 Å². The average molecular weight is 376 g/mol. The molecule has 0 aliphatic carbocycles. The lowest BCUT2D eigenvalue weighted by molar-refractivity contribution is -0.122. The Hall–Kier alpha value is -2.81. The van der Waals surface area contributed by atoms with Gasteiger partial charge in [-0.2, -0.15) is 0 Å². The fraction of sp³-hybridized carbons (Fsp3) is 0.294. The monoisotopic (exact) mass is 376 g/mol. The molecule has 3 N–H and O–H groups in total. The number of amides is 3. The van der Waals surface area contributed by atoms with Crippen LogP contribution in [-0.4, -0.2) is 28.7 Å². The summed E-state index contributed by atoms with van der Waals surface area (Å²) in [6, 6.07) is 5.35. The second-order valence-corrected chi connectivity index (χ2v) is 6.73. The Labute approximate surface area is 153 Å². The van der Waals surface area contributed by atoms with Crippen molar-refractivity contribution in [1.29, 1.82) is 0 Å². The fourth-order valence-corrected chi connectivity index (χ4v) is 3.19. The van der Waals surface area contributed by atoms with E-state index in [4.69, 9.17) is 0 Å². The molecule has 26 heavy (non-hydrogen) atoms. The van der Waals surface area contributed by atoms with E-state index >= 15 is 0 Å². The van der Waals surface area contributed by atoms with E-state index in [2.05, 4.69) is 20.9 Å². The summed E-state index contributed by atoms with van der Waals surface area (Å²) in [4.78, 5) is 39.3. The van der Waals surface area contributed by atoms with E-state index in [1.165, 1.54) is 23.5 Å². The molecular formula is C17H17FN4O3S. The van der Waals surface area contributed by atoms with Crippen LogP contribution in [-0.2, 0) is 27.3 Å².